The Morgan fingerprint density at radius 1 is 1.20 bits per heavy atom. The van der Waals surface area contributed by atoms with E-state index in [4.69, 9.17) is 4.74 Å². The van der Waals surface area contributed by atoms with E-state index < -0.39 is 10.0 Å². The van der Waals surface area contributed by atoms with E-state index in [-0.39, 0.29) is 16.7 Å². The normalized spacial score (nSPS) is 15.4. The molecule has 1 aliphatic rings. The summed E-state index contributed by atoms with van der Waals surface area (Å²) in [5, 5.41) is 0. The lowest BCUT2D eigenvalue weighted by Crippen LogP contribution is -2.41. The van der Waals surface area contributed by atoms with E-state index in [0.717, 1.165) is 12.8 Å². The third kappa shape index (κ3) is 6.03. The maximum Gasteiger partial charge on any atom is 0.255 e. The third-order valence-corrected chi connectivity index (χ3v) is 6.53. The van der Waals surface area contributed by atoms with Gasteiger partial charge >= 0.3 is 0 Å². The number of ether oxygens (including phenoxy) is 1. The van der Waals surface area contributed by atoms with Gasteiger partial charge in [-0.25, -0.2) is 13.1 Å². The van der Waals surface area contributed by atoms with Gasteiger partial charge in [-0.05, 0) is 61.1 Å². The van der Waals surface area contributed by atoms with Crippen molar-refractivity contribution in [1.29, 1.82) is 0 Å². The first-order chi connectivity index (χ1) is 14.3. The van der Waals surface area contributed by atoms with Crippen molar-refractivity contribution < 1.29 is 17.9 Å². The highest BCUT2D eigenvalue weighted by Gasteiger charge is 2.25. The van der Waals surface area contributed by atoms with Crippen LogP contribution in [0, 0.1) is 11.8 Å². The van der Waals surface area contributed by atoms with Crippen LogP contribution in [-0.2, 0) is 10.0 Å². The van der Waals surface area contributed by atoms with E-state index in [1.165, 1.54) is 0 Å². The van der Waals surface area contributed by atoms with Crippen LogP contribution in [0.3, 0.4) is 0 Å². The number of carbonyl (C=O) groups excluding carboxylic acids is 1. The van der Waals surface area contributed by atoms with Crippen LogP contribution < -0.4 is 9.46 Å². The zero-order valence-corrected chi connectivity index (χ0v) is 18.3. The Labute approximate surface area is 178 Å². The minimum absolute atomic E-state index is 0.0260. The number of amides is 1. The largest absolute Gasteiger partial charge is 0.493 e. The van der Waals surface area contributed by atoms with Crippen molar-refractivity contribution in [2.75, 3.05) is 26.2 Å². The van der Waals surface area contributed by atoms with Crippen molar-refractivity contribution in [2.24, 2.45) is 11.8 Å². The van der Waals surface area contributed by atoms with Gasteiger partial charge < -0.3 is 9.64 Å². The molecule has 2 aromatic rings. The standard InChI is InChI=1S/C22H29N3O4S/c1-17(2)16-29-20-5-7-21(8-6-20)30(27,28)24-14-18-9-12-25(13-10-18)22(26)19-4-3-11-23-15-19/h3-8,11,15,17-18,24H,9-10,12-14,16H2,1-2H3. The summed E-state index contributed by atoms with van der Waals surface area (Å²) in [6.45, 7) is 6.29. The smallest absolute Gasteiger partial charge is 0.255 e. The van der Waals surface area contributed by atoms with E-state index in [2.05, 4.69) is 23.6 Å². The van der Waals surface area contributed by atoms with Gasteiger partial charge in [-0.3, -0.25) is 9.78 Å². The van der Waals surface area contributed by atoms with E-state index in [1.807, 2.05) is 0 Å². The van der Waals surface area contributed by atoms with E-state index in [9.17, 15) is 13.2 Å². The lowest BCUT2D eigenvalue weighted by Gasteiger charge is -2.32. The number of hydrogen-bond donors (Lipinski definition) is 1. The fourth-order valence-electron chi connectivity index (χ4n) is 3.30. The molecule has 0 aliphatic carbocycles. The number of carbonyl (C=O) groups is 1. The Bertz CT molecular complexity index is 923. The first kappa shape index (κ1) is 22.2. The molecule has 1 aliphatic heterocycles. The van der Waals surface area contributed by atoms with E-state index in [1.54, 1.807) is 53.7 Å². The minimum Gasteiger partial charge on any atom is -0.493 e. The minimum atomic E-state index is -3.57. The van der Waals surface area contributed by atoms with Gasteiger partial charge in [0.05, 0.1) is 17.1 Å². The maximum absolute atomic E-state index is 12.6. The Kier molecular flexibility index (Phi) is 7.44. The molecule has 0 radical (unpaired) electrons. The summed E-state index contributed by atoms with van der Waals surface area (Å²) >= 11 is 0. The second-order valence-electron chi connectivity index (χ2n) is 8.01. The van der Waals surface area contributed by atoms with Gasteiger partial charge in [-0.2, -0.15) is 0 Å². The number of aromatic nitrogens is 1. The van der Waals surface area contributed by atoms with Crippen LogP contribution in [0.1, 0.15) is 37.0 Å². The van der Waals surface area contributed by atoms with Gasteiger partial charge in [0.15, 0.2) is 0 Å². The van der Waals surface area contributed by atoms with Crippen molar-refractivity contribution in [3.63, 3.8) is 0 Å². The molecule has 0 atom stereocenters. The fourth-order valence-corrected chi connectivity index (χ4v) is 4.42. The van der Waals surface area contributed by atoms with Gasteiger partial charge in [0.25, 0.3) is 5.91 Å². The number of benzene rings is 1. The van der Waals surface area contributed by atoms with Gasteiger partial charge in [-0.15, -0.1) is 0 Å². The number of likely N-dealkylation sites (tertiary alicyclic amines) is 1. The average Bonchev–Trinajstić information content (AvgIpc) is 2.77. The number of nitrogens with one attached hydrogen (secondary N) is 1. The number of nitrogens with zero attached hydrogens (tertiary/aromatic N) is 2. The van der Waals surface area contributed by atoms with Crippen molar-refractivity contribution in [3.8, 4) is 5.75 Å². The molecule has 162 valence electrons. The van der Waals surface area contributed by atoms with Gasteiger partial charge in [0.2, 0.25) is 10.0 Å². The van der Waals surface area contributed by atoms with Crippen LogP contribution in [0.2, 0.25) is 0 Å². The summed E-state index contributed by atoms with van der Waals surface area (Å²) in [5.74, 6) is 1.24. The summed E-state index contributed by atoms with van der Waals surface area (Å²) in [6.07, 6.45) is 4.73. The van der Waals surface area contributed by atoms with Crippen molar-refractivity contribution in [2.45, 2.75) is 31.6 Å². The highest BCUT2D eigenvalue weighted by molar-refractivity contribution is 7.89. The zero-order valence-electron chi connectivity index (χ0n) is 17.5. The molecule has 0 unspecified atom stereocenters. The Morgan fingerprint density at radius 2 is 1.90 bits per heavy atom. The Morgan fingerprint density at radius 3 is 2.50 bits per heavy atom. The molecule has 0 saturated carbocycles. The molecule has 2 heterocycles. The lowest BCUT2D eigenvalue weighted by molar-refractivity contribution is 0.0691. The van der Waals surface area contributed by atoms with Crippen LogP contribution in [0.5, 0.6) is 5.75 Å². The molecule has 7 nitrogen and oxygen atoms in total. The molecule has 1 amide bonds. The molecule has 3 rings (SSSR count). The van der Waals surface area contributed by atoms with Crippen LogP contribution in [0.15, 0.2) is 53.7 Å². The van der Waals surface area contributed by atoms with Crippen LogP contribution in [0.25, 0.3) is 0 Å². The number of piperidine rings is 1. The van der Waals surface area contributed by atoms with Crippen LogP contribution >= 0.6 is 0 Å². The Hall–Kier alpha value is -2.45. The summed E-state index contributed by atoms with van der Waals surface area (Å²) in [6, 6.07) is 9.99. The second kappa shape index (κ2) is 10.0. The highest BCUT2D eigenvalue weighted by atomic mass is 32.2. The van der Waals surface area contributed by atoms with E-state index >= 15 is 0 Å². The molecule has 1 fully saturated rings. The third-order valence-electron chi connectivity index (χ3n) is 5.09. The predicted octanol–water partition coefficient (Wildman–Crippen LogP) is 2.95. The molecule has 0 spiro atoms. The van der Waals surface area contributed by atoms with Crippen LogP contribution in [-0.4, -0.2) is 50.5 Å². The molecule has 8 heteroatoms. The van der Waals surface area contributed by atoms with Crippen molar-refractivity contribution in [3.05, 3.63) is 54.4 Å². The summed E-state index contributed by atoms with van der Waals surface area (Å²) in [7, 11) is -3.57. The highest BCUT2D eigenvalue weighted by Crippen LogP contribution is 2.20. The number of sulfonamides is 1. The Balaban J connectivity index is 1.48. The van der Waals surface area contributed by atoms with Crippen LogP contribution in [0.4, 0.5) is 0 Å². The second-order valence-corrected chi connectivity index (χ2v) is 9.77. The number of hydrogen-bond acceptors (Lipinski definition) is 5. The first-order valence-corrected chi connectivity index (χ1v) is 11.8. The molecule has 1 aromatic heterocycles. The lowest BCUT2D eigenvalue weighted by atomic mass is 9.97. The zero-order chi connectivity index (χ0) is 21.6. The van der Waals surface area contributed by atoms with E-state index in [0.29, 0.717) is 43.5 Å². The first-order valence-electron chi connectivity index (χ1n) is 10.3. The monoisotopic (exact) mass is 431 g/mol. The van der Waals surface area contributed by atoms with Crippen molar-refractivity contribution in [1.82, 2.24) is 14.6 Å². The van der Waals surface area contributed by atoms with Gasteiger partial charge in [0, 0.05) is 32.0 Å². The maximum atomic E-state index is 12.6. The number of rotatable bonds is 8. The fraction of sp³-hybridized carbons (Fsp3) is 0.455. The van der Waals surface area contributed by atoms with Gasteiger partial charge in [-0.1, -0.05) is 13.8 Å². The molecule has 1 saturated heterocycles. The van der Waals surface area contributed by atoms with Crippen molar-refractivity contribution >= 4 is 15.9 Å². The number of pyridine rings is 1. The SMILES string of the molecule is CC(C)COc1ccc(S(=O)(=O)NCC2CCN(C(=O)c3cccnc3)CC2)cc1. The summed E-state index contributed by atoms with van der Waals surface area (Å²) in [5.41, 5.74) is 0.581. The molecular weight excluding hydrogens is 402 g/mol. The quantitative estimate of drug-likeness (QED) is 0.694. The van der Waals surface area contributed by atoms with Gasteiger partial charge in [0.1, 0.15) is 5.75 Å². The molecule has 1 N–H and O–H groups in total. The molecule has 0 bridgehead atoms. The summed E-state index contributed by atoms with van der Waals surface area (Å²) in [4.78, 5) is 18.5. The molecule has 30 heavy (non-hydrogen) atoms. The molecule has 1 aromatic carbocycles. The average molecular weight is 432 g/mol. The summed E-state index contributed by atoms with van der Waals surface area (Å²) < 4.78 is 33.5. The topological polar surface area (TPSA) is 88.6 Å². The molecular formula is C22H29N3O4S. The predicted molar refractivity (Wildman–Crippen MR) is 115 cm³/mol.